The molecular weight excluding hydrogens is 336 g/mol. The van der Waals surface area contributed by atoms with Gasteiger partial charge in [-0.1, -0.05) is 18.2 Å². The lowest BCUT2D eigenvalue weighted by Crippen LogP contribution is -2.12. The number of fused-ring (bicyclic) bond motifs is 1. The zero-order chi connectivity index (χ0) is 18.0. The molecule has 0 fully saturated rings. The predicted octanol–water partition coefficient (Wildman–Crippen LogP) is 4.43. The number of benzene rings is 2. The van der Waals surface area contributed by atoms with Gasteiger partial charge in [0.15, 0.2) is 0 Å². The van der Waals surface area contributed by atoms with E-state index in [2.05, 4.69) is 10.6 Å². The largest absolute Gasteiger partial charge is 0.495 e. The number of ether oxygens (including phenoxy) is 1. The van der Waals surface area contributed by atoms with Crippen LogP contribution in [-0.2, 0) is 4.79 Å². The SMILES string of the molecule is COc1ccc(NC(=O)c2sc3ccccc3c2C)cc1NC(C)=O. The minimum absolute atomic E-state index is 0.169. The molecule has 0 aliphatic heterocycles. The van der Waals surface area contributed by atoms with E-state index in [1.165, 1.54) is 25.4 Å². The molecule has 1 heterocycles. The number of nitrogens with one attached hydrogen (secondary N) is 2. The Kier molecular flexibility index (Phi) is 4.72. The molecule has 3 rings (SSSR count). The van der Waals surface area contributed by atoms with E-state index in [-0.39, 0.29) is 11.8 Å². The third kappa shape index (κ3) is 3.49. The van der Waals surface area contributed by atoms with Crippen molar-refractivity contribution < 1.29 is 14.3 Å². The van der Waals surface area contributed by atoms with Crippen molar-refractivity contribution in [3.05, 3.63) is 52.9 Å². The van der Waals surface area contributed by atoms with E-state index >= 15 is 0 Å². The quantitative estimate of drug-likeness (QED) is 0.728. The van der Waals surface area contributed by atoms with E-state index in [4.69, 9.17) is 4.74 Å². The fourth-order valence-electron chi connectivity index (χ4n) is 2.65. The van der Waals surface area contributed by atoms with Crippen molar-refractivity contribution in [2.24, 2.45) is 0 Å². The molecule has 0 radical (unpaired) electrons. The molecule has 6 heteroatoms. The third-order valence-electron chi connectivity index (χ3n) is 3.82. The zero-order valence-corrected chi connectivity index (χ0v) is 15.0. The lowest BCUT2D eigenvalue weighted by atomic mass is 10.1. The summed E-state index contributed by atoms with van der Waals surface area (Å²) in [5.74, 6) is 0.158. The number of thiophene rings is 1. The monoisotopic (exact) mass is 354 g/mol. The highest BCUT2D eigenvalue weighted by Gasteiger charge is 2.16. The lowest BCUT2D eigenvalue weighted by molar-refractivity contribution is -0.114. The Morgan fingerprint density at radius 3 is 2.52 bits per heavy atom. The molecule has 0 bridgehead atoms. The molecule has 5 nitrogen and oxygen atoms in total. The van der Waals surface area contributed by atoms with E-state index in [9.17, 15) is 9.59 Å². The van der Waals surface area contributed by atoms with E-state index in [1.807, 2.05) is 31.2 Å². The first kappa shape index (κ1) is 17.0. The van der Waals surface area contributed by atoms with Crippen LogP contribution in [0.4, 0.5) is 11.4 Å². The van der Waals surface area contributed by atoms with Crippen LogP contribution in [0.25, 0.3) is 10.1 Å². The number of aryl methyl sites for hydroxylation is 1. The summed E-state index contributed by atoms with van der Waals surface area (Å²) >= 11 is 1.47. The second-order valence-corrected chi connectivity index (χ2v) is 6.65. The summed E-state index contributed by atoms with van der Waals surface area (Å²) in [6.45, 7) is 3.37. The van der Waals surface area contributed by atoms with Crippen LogP contribution in [0.2, 0.25) is 0 Å². The van der Waals surface area contributed by atoms with Crippen molar-refractivity contribution in [1.82, 2.24) is 0 Å². The van der Waals surface area contributed by atoms with E-state index in [0.717, 1.165) is 15.6 Å². The minimum Gasteiger partial charge on any atom is -0.495 e. The molecule has 2 amide bonds. The smallest absolute Gasteiger partial charge is 0.266 e. The topological polar surface area (TPSA) is 67.4 Å². The van der Waals surface area contributed by atoms with Gasteiger partial charge in [-0.3, -0.25) is 9.59 Å². The summed E-state index contributed by atoms with van der Waals surface area (Å²) in [5.41, 5.74) is 2.07. The molecule has 0 aliphatic carbocycles. The van der Waals surface area contributed by atoms with Crippen LogP contribution in [0, 0.1) is 6.92 Å². The first-order chi connectivity index (χ1) is 12.0. The summed E-state index contributed by atoms with van der Waals surface area (Å²) in [4.78, 5) is 24.7. The molecule has 25 heavy (non-hydrogen) atoms. The number of amides is 2. The summed E-state index contributed by atoms with van der Waals surface area (Å²) < 4.78 is 6.31. The van der Waals surface area contributed by atoms with Gasteiger partial charge in [0.2, 0.25) is 5.91 Å². The maximum atomic E-state index is 12.7. The third-order valence-corrected chi connectivity index (χ3v) is 5.09. The van der Waals surface area contributed by atoms with Gasteiger partial charge >= 0.3 is 0 Å². The molecule has 1 aromatic heterocycles. The molecule has 0 saturated heterocycles. The molecule has 2 N–H and O–H groups in total. The summed E-state index contributed by atoms with van der Waals surface area (Å²) in [7, 11) is 1.53. The van der Waals surface area contributed by atoms with Crippen LogP contribution in [0.5, 0.6) is 5.75 Å². The van der Waals surface area contributed by atoms with Crippen LogP contribution in [0.15, 0.2) is 42.5 Å². The first-order valence-corrected chi connectivity index (χ1v) is 8.56. The molecule has 2 aromatic carbocycles. The number of rotatable bonds is 4. The van der Waals surface area contributed by atoms with Gasteiger partial charge < -0.3 is 15.4 Å². The second kappa shape index (κ2) is 6.94. The molecule has 0 unspecified atom stereocenters. The molecule has 0 spiro atoms. The summed E-state index contributed by atoms with van der Waals surface area (Å²) in [5, 5.41) is 6.68. The number of hydrogen-bond acceptors (Lipinski definition) is 4. The zero-order valence-electron chi connectivity index (χ0n) is 14.2. The average molecular weight is 354 g/mol. The summed E-state index contributed by atoms with van der Waals surface area (Å²) in [6, 6.07) is 13.1. The van der Waals surface area contributed by atoms with E-state index in [0.29, 0.717) is 22.0 Å². The second-order valence-electron chi connectivity index (χ2n) is 5.60. The van der Waals surface area contributed by atoms with Crippen LogP contribution in [-0.4, -0.2) is 18.9 Å². The molecule has 3 aromatic rings. The fraction of sp³-hybridized carbons (Fsp3) is 0.158. The Balaban J connectivity index is 1.89. The normalized spacial score (nSPS) is 10.5. The van der Waals surface area contributed by atoms with Gasteiger partial charge in [-0.05, 0) is 42.1 Å². The van der Waals surface area contributed by atoms with Gasteiger partial charge in [-0.25, -0.2) is 0 Å². The van der Waals surface area contributed by atoms with E-state index < -0.39 is 0 Å². The predicted molar refractivity (Wildman–Crippen MR) is 102 cm³/mol. The highest BCUT2D eigenvalue weighted by Crippen LogP contribution is 2.32. The maximum absolute atomic E-state index is 12.7. The van der Waals surface area contributed by atoms with Crippen LogP contribution in [0.1, 0.15) is 22.2 Å². The van der Waals surface area contributed by atoms with Gasteiger partial charge in [0, 0.05) is 17.3 Å². The maximum Gasteiger partial charge on any atom is 0.266 e. The van der Waals surface area contributed by atoms with E-state index in [1.54, 1.807) is 18.2 Å². The van der Waals surface area contributed by atoms with Crippen molar-refractivity contribution in [2.75, 3.05) is 17.7 Å². The van der Waals surface area contributed by atoms with Gasteiger partial charge in [-0.15, -0.1) is 11.3 Å². The van der Waals surface area contributed by atoms with Crippen LogP contribution in [0.3, 0.4) is 0 Å². The standard InChI is InChI=1S/C19H18N2O3S/c1-11-14-6-4-5-7-17(14)25-18(11)19(23)21-13-8-9-16(24-3)15(10-13)20-12(2)22/h4-10H,1-3H3,(H,20,22)(H,21,23). The number of carbonyl (C=O) groups is 2. The van der Waals surface area contributed by atoms with Crippen molar-refractivity contribution in [1.29, 1.82) is 0 Å². The number of anilines is 2. The molecule has 128 valence electrons. The number of hydrogen-bond donors (Lipinski definition) is 2. The van der Waals surface area contributed by atoms with Crippen molar-refractivity contribution in [3.8, 4) is 5.75 Å². The number of methoxy groups -OCH3 is 1. The Morgan fingerprint density at radius 2 is 1.84 bits per heavy atom. The van der Waals surface area contributed by atoms with Crippen molar-refractivity contribution >= 4 is 44.6 Å². The molecule has 0 aliphatic rings. The van der Waals surface area contributed by atoms with Crippen molar-refractivity contribution in [3.63, 3.8) is 0 Å². The van der Waals surface area contributed by atoms with Crippen LogP contribution >= 0.6 is 11.3 Å². The number of carbonyl (C=O) groups excluding carboxylic acids is 2. The molecule has 0 atom stereocenters. The Morgan fingerprint density at radius 1 is 1.08 bits per heavy atom. The minimum atomic E-state index is -0.206. The summed E-state index contributed by atoms with van der Waals surface area (Å²) in [6.07, 6.45) is 0. The van der Waals surface area contributed by atoms with Crippen LogP contribution < -0.4 is 15.4 Å². The molecular formula is C19H18N2O3S. The van der Waals surface area contributed by atoms with Gasteiger partial charge in [-0.2, -0.15) is 0 Å². The van der Waals surface area contributed by atoms with Crippen molar-refractivity contribution in [2.45, 2.75) is 13.8 Å². The lowest BCUT2D eigenvalue weighted by Gasteiger charge is -2.11. The first-order valence-electron chi connectivity index (χ1n) is 7.74. The Bertz CT molecular complexity index is 962. The Labute approximate surface area is 149 Å². The van der Waals surface area contributed by atoms with Gasteiger partial charge in [0.1, 0.15) is 5.75 Å². The Hall–Kier alpha value is -2.86. The molecule has 0 saturated carbocycles. The van der Waals surface area contributed by atoms with Gasteiger partial charge in [0.05, 0.1) is 17.7 Å². The average Bonchev–Trinajstić information content (AvgIpc) is 2.92. The van der Waals surface area contributed by atoms with Gasteiger partial charge in [0.25, 0.3) is 5.91 Å². The highest BCUT2D eigenvalue weighted by atomic mass is 32.1. The highest BCUT2D eigenvalue weighted by molar-refractivity contribution is 7.21. The fourth-order valence-corrected chi connectivity index (χ4v) is 3.76.